The lowest BCUT2D eigenvalue weighted by molar-refractivity contribution is -0.159. The number of ether oxygens (including phenoxy) is 1. The number of hydrogen-bond donors (Lipinski definition) is 3. The number of carboxylic acids is 1. The third-order valence-corrected chi connectivity index (χ3v) is 8.92. The molecule has 7 atom stereocenters. The fourth-order valence-corrected chi connectivity index (χ4v) is 6.47. The van der Waals surface area contributed by atoms with Gasteiger partial charge in [-0.1, -0.05) is 32.1 Å². The second-order valence-corrected chi connectivity index (χ2v) is 11.2. The highest BCUT2D eigenvalue weighted by Gasteiger charge is 2.48. The number of hydrogen-bond acceptors (Lipinski definition) is 6. The van der Waals surface area contributed by atoms with Gasteiger partial charge in [0.05, 0.1) is 18.6 Å². The quantitative estimate of drug-likeness (QED) is 0.419. The van der Waals surface area contributed by atoms with Crippen molar-refractivity contribution in [1.82, 2.24) is 0 Å². The molecule has 0 aromatic rings. The zero-order valence-corrected chi connectivity index (χ0v) is 20.2. The summed E-state index contributed by atoms with van der Waals surface area (Å²) in [6, 6.07) is 0. The zero-order chi connectivity index (χ0) is 23.5. The van der Waals surface area contributed by atoms with Crippen molar-refractivity contribution >= 4 is 23.7 Å². The summed E-state index contributed by atoms with van der Waals surface area (Å²) in [4.78, 5) is 23.9. The van der Waals surface area contributed by atoms with Crippen LogP contribution in [0, 0.1) is 23.7 Å². The monoisotopic (exact) mass is 466 g/mol. The smallest absolute Gasteiger partial charge is 0.322 e. The number of aliphatic hydroxyl groups excluding tert-OH is 2. The van der Waals surface area contributed by atoms with Gasteiger partial charge in [-0.15, -0.1) is 11.8 Å². The van der Waals surface area contributed by atoms with Crippen molar-refractivity contribution in [2.24, 2.45) is 23.7 Å². The Balaban J connectivity index is 1.69. The molecule has 3 rings (SSSR count). The number of aliphatic hydroxyl groups is 2. The van der Waals surface area contributed by atoms with Crippen LogP contribution in [-0.2, 0) is 14.3 Å². The van der Waals surface area contributed by atoms with Gasteiger partial charge in [0.2, 0.25) is 0 Å². The Hall–Kier alpha value is -1.31. The number of carbonyl (C=O) groups excluding carboxylic acids is 1. The van der Waals surface area contributed by atoms with Crippen LogP contribution in [0.3, 0.4) is 0 Å². The van der Waals surface area contributed by atoms with E-state index in [4.69, 9.17) is 9.84 Å². The molecule has 0 aromatic carbocycles. The van der Waals surface area contributed by atoms with E-state index in [1.165, 1.54) is 5.57 Å². The lowest BCUT2D eigenvalue weighted by Crippen LogP contribution is -2.48. The molecular weight excluding hydrogens is 428 g/mol. The van der Waals surface area contributed by atoms with Gasteiger partial charge in [-0.3, -0.25) is 9.59 Å². The van der Waals surface area contributed by atoms with Gasteiger partial charge in [-0.05, 0) is 74.5 Å². The van der Waals surface area contributed by atoms with Gasteiger partial charge in [0.15, 0.2) is 0 Å². The number of carbonyl (C=O) groups is 2. The number of aliphatic carboxylic acids is 1. The molecule has 7 heteroatoms. The lowest BCUT2D eigenvalue weighted by atomic mass is 9.65. The number of carboxylic acid groups (broad SMARTS) is 1. The average Bonchev–Trinajstić information content (AvgIpc) is 2.66. The maximum atomic E-state index is 13.1. The number of rotatable bonds is 10. The van der Waals surface area contributed by atoms with Crippen LogP contribution in [0.1, 0.15) is 65.2 Å². The first kappa shape index (κ1) is 25.3. The molecule has 0 amide bonds. The molecule has 0 aliphatic heterocycles. The highest BCUT2D eigenvalue weighted by molar-refractivity contribution is 8.00. The van der Waals surface area contributed by atoms with Crippen molar-refractivity contribution in [2.75, 3.05) is 6.26 Å². The number of fused-ring (bicyclic) bond motifs is 1. The van der Waals surface area contributed by atoms with Gasteiger partial charge in [0.1, 0.15) is 10.9 Å². The third kappa shape index (κ3) is 5.78. The van der Waals surface area contributed by atoms with Crippen LogP contribution < -0.4 is 0 Å². The minimum Gasteiger partial charge on any atom is -0.481 e. The summed E-state index contributed by atoms with van der Waals surface area (Å²) in [5.74, 6) is -0.213. The van der Waals surface area contributed by atoms with E-state index >= 15 is 0 Å². The summed E-state index contributed by atoms with van der Waals surface area (Å²) in [5.41, 5.74) is 1.22. The standard InChI is InChI=1S/C25H38O6S/c1-15-11-17-6-5-16(2)20(8-7-18(26)13-19(27)14-22(28)29)23(17)21(12-15)31-24(30)25(32-3)9-4-10-25/h5-6,11,15-16,18-21,23,26-27H,4,7-10,12-14H2,1-3H3,(H,28,29)/t15-,16-,18+,19+,20-,21-,23-/m0/s1. The summed E-state index contributed by atoms with van der Waals surface area (Å²) < 4.78 is 5.84. The summed E-state index contributed by atoms with van der Waals surface area (Å²) in [7, 11) is 0. The minimum absolute atomic E-state index is 0.0578. The number of esters is 1. The summed E-state index contributed by atoms with van der Waals surface area (Å²) in [5, 5.41) is 29.1. The first-order valence-electron chi connectivity index (χ1n) is 11.9. The first-order chi connectivity index (χ1) is 15.1. The van der Waals surface area contributed by atoms with Gasteiger partial charge >= 0.3 is 11.9 Å². The molecule has 1 fully saturated rings. The predicted molar refractivity (Wildman–Crippen MR) is 125 cm³/mol. The summed E-state index contributed by atoms with van der Waals surface area (Å²) in [6.45, 7) is 4.32. The van der Waals surface area contributed by atoms with E-state index in [0.717, 1.165) is 32.1 Å². The Morgan fingerprint density at radius 3 is 2.56 bits per heavy atom. The Morgan fingerprint density at radius 1 is 1.25 bits per heavy atom. The van der Waals surface area contributed by atoms with Crippen molar-refractivity contribution < 1.29 is 29.6 Å². The summed E-state index contributed by atoms with van der Waals surface area (Å²) >= 11 is 1.61. The molecule has 0 bridgehead atoms. The molecule has 0 heterocycles. The van der Waals surface area contributed by atoms with Gasteiger partial charge in [-0.2, -0.15) is 0 Å². The molecule has 0 aromatic heterocycles. The Bertz CT molecular complexity index is 737. The highest BCUT2D eigenvalue weighted by atomic mass is 32.2. The zero-order valence-electron chi connectivity index (χ0n) is 19.4. The van der Waals surface area contributed by atoms with Gasteiger partial charge in [0.25, 0.3) is 0 Å². The highest BCUT2D eigenvalue weighted by Crippen LogP contribution is 2.48. The number of thioether (sulfide) groups is 1. The molecule has 1 saturated carbocycles. The largest absolute Gasteiger partial charge is 0.481 e. The molecule has 32 heavy (non-hydrogen) atoms. The average molecular weight is 467 g/mol. The fourth-order valence-electron chi connectivity index (χ4n) is 5.56. The van der Waals surface area contributed by atoms with Crippen molar-refractivity contribution in [3.05, 3.63) is 23.8 Å². The van der Waals surface area contributed by atoms with Crippen molar-refractivity contribution in [2.45, 2.75) is 88.3 Å². The van der Waals surface area contributed by atoms with E-state index in [1.54, 1.807) is 11.8 Å². The van der Waals surface area contributed by atoms with Crippen LogP contribution in [-0.4, -0.2) is 56.6 Å². The van der Waals surface area contributed by atoms with Crippen molar-refractivity contribution in [3.63, 3.8) is 0 Å². The SMILES string of the molecule is CSC1(C(=O)O[C@H]2C[C@@H](C)C=C3C=C[C@H](C)[C@H](CC[C@@H](O)C[C@@H](O)CC(=O)O)[C@H]32)CCC1. The molecule has 3 aliphatic carbocycles. The maximum absolute atomic E-state index is 13.1. The van der Waals surface area contributed by atoms with Crippen LogP contribution in [0.4, 0.5) is 0 Å². The Morgan fingerprint density at radius 2 is 1.97 bits per heavy atom. The molecule has 0 radical (unpaired) electrons. The number of allylic oxidation sites excluding steroid dienone is 3. The molecule has 0 saturated heterocycles. The molecule has 0 unspecified atom stereocenters. The van der Waals surface area contributed by atoms with E-state index in [1.807, 2.05) is 6.26 Å². The van der Waals surface area contributed by atoms with E-state index in [9.17, 15) is 19.8 Å². The van der Waals surface area contributed by atoms with Gasteiger partial charge in [-0.25, -0.2) is 0 Å². The molecule has 3 aliphatic rings. The van der Waals surface area contributed by atoms with Gasteiger partial charge < -0.3 is 20.1 Å². The first-order valence-corrected chi connectivity index (χ1v) is 13.1. The topological polar surface area (TPSA) is 104 Å². The predicted octanol–water partition coefficient (Wildman–Crippen LogP) is 3.96. The Labute approximate surface area is 195 Å². The van der Waals surface area contributed by atoms with Crippen LogP contribution in [0.15, 0.2) is 23.8 Å². The van der Waals surface area contributed by atoms with Crippen LogP contribution in [0.25, 0.3) is 0 Å². The maximum Gasteiger partial charge on any atom is 0.322 e. The fraction of sp³-hybridized carbons (Fsp3) is 0.760. The van der Waals surface area contributed by atoms with Crippen LogP contribution in [0.2, 0.25) is 0 Å². The van der Waals surface area contributed by atoms with E-state index < -0.39 is 18.2 Å². The van der Waals surface area contributed by atoms with Crippen molar-refractivity contribution in [3.8, 4) is 0 Å². The second-order valence-electron chi connectivity index (χ2n) is 10.0. The normalized spacial score (nSPS) is 32.8. The van der Waals surface area contributed by atoms with Crippen LogP contribution >= 0.6 is 11.8 Å². The molecule has 6 nitrogen and oxygen atoms in total. The lowest BCUT2D eigenvalue weighted by Gasteiger charge is -2.45. The third-order valence-electron chi connectivity index (χ3n) is 7.57. The minimum atomic E-state index is -1.07. The van der Waals surface area contributed by atoms with Crippen molar-refractivity contribution in [1.29, 1.82) is 0 Å². The second kappa shape index (κ2) is 10.7. The Kier molecular flexibility index (Phi) is 8.50. The molecule has 0 spiro atoms. The molecule has 3 N–H and O–H groups in total. The molecular formula is C25H38O6S. The van der Waals surface area contributed by atoms with Crippen LogP contribution in [0.5, 0.6) is 0 Å². The van der Waals surface area contributed by atoms with Gasteiger partial charge in [0, 0.05) is 5.92 Å². The summed E-state index contributed by atoms with van der Waals surface area (Å²) in [6.07, 6.45) is 11.2. The molecule has 180 valence electrons. The van der Waals surface area contributed by atoms with E-state index in [-0.39, 0.29) is 47.4 Å². The van der Waals surface area contributed by atoms with E-state index in [2.05, 4.69) is 32.1 Å². The van der Waals surface area contributed by atoms with E-state index in [0.29, 0.717) is 12.3 Å².